The van der Waals surface area contributed by atoms with E-state index in [1.54, 1.807) is 12.1 Å². The van der Waals surface area contributed by atoms with Crippen molar-refractivity contribution in [3.63, 3.8) is 0 Å². The Bertz CT molecular complexity index is 1000. The van der Waals surface area contributed by atoms with E-state index in [0.717, 1.165) is 43.6 Å². The molecule has 0 aliphatic heterocycles. The lowest BCUT2D eigenvalue weighted by atomic mass is 9.63. The van der Waals surface area contributed by atoms with Gasteiger partial charge in [0.1, 0.15) is 11.6 Å². The van der Waals surface area contributed by atoms with E-state index < -0.39 is 11.8 Å². The lowest BCUT2D eigenvalue weighted by Crippen LogP contribution is -2.30. The van der Waals surface area contributed by atoms with E-state index in [-0.39, 0.29) is 28.8 Å². The Hall–Kier alpha value is -2.69. The van der Waals surface area contributed by atoms with Crippen LogP contribution >= 0.6 is 0 Å². The quantitative estimate of drug-likeness (QED) is 0.247. The van der Waals surface area contributed by atoms with Crippen LogP contribution in [0.15, 0.2) is 49.1 Å². The van der Waals surface area contributed by atoms with Crippen molar-refractivity contribution < 1.29 is 23.0 Å². The standard InChI is InChI=1S/C28H32F2O3/c1-3-4-5-18-6-7-20-15-21(9-8-19(20)14-18)24-12-10-22(16-25(24)29)28(31)33-23-11-13-27(32-2)26(30)17-23/h3,10-13,16-21H,1,4-9,14-15H2,2H3. The van der Waals surface area contributed by atoms with Gasteiger partial charge in [-0.1, -0.05) is 18.6 Å². The summed E-state index contributed by atoms with van der Waals surface area (Å²) >= 11 is 0. The molecule has 0 spiro atoms. The number of benzene rings is 2. The maximum Gasteiger partial charge on any atom is 0.343 e. The minimum Gasteiger partial charge on any atom is -0.494 e. The van der Waals surface area contributed by atoms with Gasteiger partial charge in [-0.25, -0.2) is 13.6 Å². The van der Waals surface area contributed by atoms with Gasteiger partial charge in [-0.05, 0) is 98.4 Å². The average Bonchev–Trinajstić information content (AvgIpc) is 2.82. The number of carbonyl (C=O) groups excluding carboxylic acids is 1. The van der Waals surface area contributed by atoms with E-state index >= 15 is 4.39 Å². The molecule has 2 aromatic carbocycles. The molecular formula is C28H32F2O3. The monoisotopic (exact) mass is 454 g/mol. The summed E-state index contributed by atoms with van der Waals surface area (Å²) in [6, 6.07) is 8.47. The van der Waals surface area contributed by atoms with Gasteiger partial charge < -0.3 is 9.47 Å². The normalized spacial score (nSPS) is 24.6. The number of allylic oxidation sites excluding steroid dienone is 1. The first-order valence-corrected chi connectivity index (χ1v) is 11.9. The molecule has 4 rings (SSSR count). The highest BCUT2D eigenvalue weighted by molar-refractivity contribution is 5.91. The number of ether oxygens (including phenoxy) is 2. The number of esters is 1. The maximum absolute atomic E-state index is 15.0. The second kappa shape index (κ2) is 10.5. The molecule has 0 bridgehead atoms. The third-order valence-electron chi connectivity index (χ3n) is 7.51. The summed E-state index contributed by atoms with van der Waals surface area (Å²) in [7, 11) is 1.36. The van der Waals surface area contributed by atoms with Crippen LogP contribution in [0.5, 0.6) is 11.5 Å². The molecule has 4 unspecified atom stereocenters. The van der Waals surface area contributed by atoms with Crippen LogP contribution in [0.25, 0.3) is 0 Å². The van der Waals surface area contributed by atoms with Gasteiger partial charge in [0.05, 0.1) is 12.7 Å². The van der Waals surface area contributed by atoms with Crippen LogP contribution in [0.2, 0.25) is 0 Å². The zero-order chi connectivity index (χ0) is 23.4. The van der Waals surface area contributed by atoms with Crippen molar-refractivity contribution in [1.82, 2.24) is 0 Å². The first-order chi connectivity index (χ1) is 16.0. The molecule has 2 fully saturated rings. The molecule has 0 N–H and O–H groups in total. The van der Waals surface area contributed by atoms with E-state index in [1.165, 1.54) is 51.0 Å². The summed E-state index contributed by atoms with van der Waals surface area (Å²) in [5.41, 5.74) is 0.804. The molecule has 33 heavy (non-hydrogen) atoms. The summed E-state index contributed by atoms with van der Waals surface area (Å²) in [5, 5.41) is 0. The van der Waals surface area contributed by atoms with Gasteiger partial charge in [-0.15, -0.1) is 6.58 Å². The Kier molecular flexibility index (Phi) is 7.46. The number of rotatable bonds is 7. The molecular weight excluding hydrogens is 422 g/mol. The smallest absolute Gasteiger partial charge is 0.343 e. The zero-order valence-electron chi connectivity index (χ0n) is 19.2. The SMILES string of the molecule is C=CCCC1CCC2CC(c3ccc(C(=O)Oc4ccc(OC)c(F)c4)cc3F)CCC2C1. The molecule has 0 radical (unpaired) electrons. The summed E-state index contributed by atoms with van der Waals surface area (Å²) in [5.74, 6) is 0.813. The fourth-order valence-corrected chi connectivity index (χ4v) is 5.75. The first kappa shape index (κ1) is 23.5. The van der Waals surface area contributed by atoms with E-state index in [9.17, 15) is 9.18 Å². The molecule has 4 atom stereocenters. The van der Waals surface area contributed by atoms with Crippen molar-refractivity contribution in [3.8, 4) is 11.5 Å². The lowest BCUT2D eigenvalue weighted by molar-refractivity contribution is 0.0733. The Morgan fingerprint density at radius 3 is 2.55 bits per heavy atom. The highest BCUT2D eigenvalue weighted by Crippen LogP contribution is 2.48. The largest absolute Gasteiger partial charge is 0.494 e. The third-order valence-corrected chi connectivity index (χ3v) is 7.51. The Balaban J connectivity index is 1.38. The highest BCUT2D eigenvalue weighted by Gasteiger charge is 2.36. The second-order valence-corrected chi connectivity index (χ2v) is 9.50. The molecule has 0 heterocycles. The Morgan fingerprint density at radius 2 is 1.82 bits per heavy atom. The van der Waals surface area contributed by atoms with Crippen molar-refractivity contribution in [2.24, 2.45) is 17.8 Å². The fourth-order valence-electron chi connectivity index (χ4n) is 5.75. The maximum atomic E-state index is 15.0. The molecule has 2 aliphatic rings. The minimum atomic E-state index is -0.716. The number of methoxy groups -OCH3 is 1. The number of halogens is 2. The topological polar surface area (TPSA) is 35.5 Å². The predicted octanol–water partition coefficient (Wildman–Crippen LogP) is 7.46. The van der Waals surface area contributed by atoms with E-state index in [2.05, 4.69) is 6.58 Å². The number of fused-ring (bicyclic) bond motifs is 1. The van der Waals surface area contributed by atoms with Crippen LogP contribution in [-0.2, 0) is 0 Å². The van der Waals surface area contributed by atoms with Crippen molar-refractivity contribution >= 4 is 5.97 Å². The third kappa shape index (κ3) is 5.45. The Labute approximate surface area is 194 Å². The van der Waals surface area contributed by atoms with Gasteiger partial charge in [-0.2, -0.15) is 0 Å². The first-order valence-electron chi connectivity index (χ1n) is 11.9. The summed E-state index contributed by atoms with van der Waals surface area (Å²) in [4.78, 5) is 12.5. The molecule has 3 nitrogen and oxygen atoms in total. The number of hydrogen-bond acceptors (Lipinski definition) is 3. The molecule has 2 aliphatic carbocycles. The molecule has 2 aromatic rings. The van der Waals surface area contributed by atoms with Gasteiger partial charge in [0.25, 0.3) is 0 Å². The van der Waals surface area contributed by atoms with Crippen molar-refractivity contribution in [2.45, 2.75) is 57.3 Å². The zero-order valence-corrected chi connectivity index (χ0v) is 19.2. The van der Waals surface area contributed by atoms with Crippen molar-refractivity contribution in [3.05, 3.63) is 71.8 Å². The van der Waals surface area contributed by atoms with Crippen LogP contribution < -0.4 is 9.47 Å². The summed E-state index contributed by atoms with van der Waals surface area (Å²) in [6.07, 6.45) is 11.3. The van der Waals surface area contributed by atoms with E-state index in [4.69, 9.17) is 9.47 Å². The number of hydrogen-bond donors (Lipinski definition) is 0. The highest BCUT2D eigenvalue weighted by atomic mass is 19.1. The van der Waals surface area contributed by atoms with Crippen LogP contribution in [0.3, 0.4) is 0 Å². The summed E-state index contributed by atoms with van der Waals surface area (Å²) < 4.78 is 39.0. The van der Waals surface area contributed by atoms with Gasteiger partial charge >= 0.3 is 5.97 Å². The van der Waals surface area contributed by atoms with Crippen LogP contribution in [-0.4, -0.2) is 13.1 Å². The minimum absolute atomic E-state index is 0.0461. The average molecular weight is 455 g/mol. The lowest BCUT2D eigenvalue weighted by Gasteiger charge is -2.42. The summed E-state index contributed by atoms with van der Waals surface area (Å²) in [6.45, 7) is 3.84. The van der Waals surface area contributed by atoms with Gasteiger partial charge in [0, 0.05) is 6.07 Å². The van der Waals surface area contributed by atoms with E-state index in [1.807, 2.05) is 6.08 Å². The fraction of sp³-hybridized carbons (Fsp3) is 0.464. The molecule has 0 aromatic heterocycles. The predicted molar refractivity (Wildman–Crippen MR) is 125 cm³/mol. The number of carbonyl (C=O) groups is 1. The Morgan fingerprint density at radius 1 is 1.03 bits per heavy atom. The van der Waals surface area contributed by atoms with Crippen molar-refractivity contribution in [1.29, 1.82) is 0 Å². The molecule has 176 valence electrons. The van der Waals surface area contributed by atoms with Crippen LogP contribution in [0.1, 0.15) is 73.2 Å². The molecule has 0 amide bonds. The van der Waals surface area contributed by atoms with Crippen LogP contribution in [0.4, 0.5) is 8.78 Å². The molecule has 0 saturated heterocycles. The van der Waals surface area contributed by atoms with E-state index in [0.29, 0.717) is 11.5 Å². The second-order valence-electron chi connectivity index (χ2n) is 9.50. The van der Waals surface area contributed by atoms with Gasteiger partial charge in [0.2, 0.25) is 0 Å². The van der Waals surface area contributed by atoms with Crippen LogP contribution in [0, 0.1) is 29.4 Å². The van der Waals surface area contributed by atoms with Gasteiger partial charge in [0.15, 0.2) is 11.6 Å². The molecule has 2 saturated carbocycles. The van der Waals surface area contributed by atoms with Crippen molar-refractivity contribution in [2.75, 3.05) is 7.11 Å². The molecule has 5 heteroatoms. The van der Waals surface area contributed by atoms with Gasteiger partial charge in [-0.3, -0.25) is 0 Å².